The highest BCUT2D eigenvalue weighted by molar-refractivity contribution is 6.11. The van der Waals surface area contributed by atoms with E-state index >= 15 is 0 Å². The first kappa shape index (κ1) is 19.9. The van der Waals surface area contributed by atoms with Gasteiger partial charge in [0.15, 0.2) is 6.54 Å². The fraction of sp³-hybridized carbons (Fsp3) is 0.450. The van der Waals surface area contributed by atoms with Gasteiger partial charge in [-0.3, -0.25) is 9.59 Å². The minimum absolute atomic E-state index is 0.171. The largest absolute Gasteiger partial charge is 0.466 e. The predicted molar refractivity (Wildman–Crippen MR) is 103 cm³/mol. The maximum absolute atomic E-state index is 12.7. The van der Waals surface area contributed by atoms with Gasteiger partial charge in [0.25, 0.3) is 5.91 Å². The van der Waals surface area contributed by atoms with Gasteiger partial charge in [0, 0.05) is 10.9 Å². The van der Waals surface area contributed by atoms with Crippen LogP contribution in [0.1, 0.15) is 30.3 Å². The van der Waals surface area contributed by atoms with E-state index in [0.29, 0.717) is 18.8 Å². The number of nitrogens with one attached hydrogen (secondary N) is 3. The summed E-state index contributed by atoms with van der Waals surface area (Å²) in [5.74, 6) is -1.12. The number of hydrogen-bond donors (Lipinski definition) is 3. The number of quaternary nitrogens is 1. The lowest BCUT2D eigenvalue weighted by molar-refractivity contribution is -0.899. The zero-order valence-corrected chi connectivity index (χ0v) is 16.2. The standard InChI is InChI=1S/C20H25N3O5/c1-3-28-19(25)13-7-6-10-23(11-13)12-16(24)22-17-14-8-4-5-9-15(14)21-18(17)20(26)27-2/h4-5,8-9,13,21H,3,6-7,10-12H2,1-2H3,(H,22,24)/p+1/t13-/m1/s1. The van der Waals surface area contributed by atoms with Gasteiger partial charge in [-0.15, -0.1) is 0 Å². The summed E-state index contributed by atoms with van der Waals surface area (Å²) in [5, 5.41) is 3.60. The number of carbonyl (C=O) groups excluding carboxylic acids is 3. The summed E-state index contributed by atoms with van der Waals surface area (Å²) < 4.78 is 9.94. The van der Waals surface area contributed by atoms with Crippen molar-refractivity contribution < 1.29 is 28.8 Å². The highest BCUT2D eigenvalue weighted by Gasteiger charge is 2.31. The number of rotatable bonds is 6. The highest BCUT2D eigenvalue weighted by Crippen LogP contribution is 2.28. The molecule has 1 aromatic carbocycles. The van der Waals surface area contributed by atoms with Crippen LogP contribution in [-0.4, -0.2) is 56.2 Å². The number of para-hydroxylation sites is 1. The van der Waals surface area contributed by atoms with E-state index in [2.05, 4.69) is 10.3 Å². The summed E-state index contributed by atoms with van der Waals surface area (Å²) >= 11 is 0. The molecule has 1 amide bonds. The Labute approximate surface area is 163 Å². The number of carbonyl (C=O) groups is 3. The summed E-state index contributed by atoms with van der Waals surface area (Å²) in [5.41, 5.74) is 1.38. The van der Waals surface area contributed by atoms with E-state index in [1.54, 1.807) is 6.92 Å². The van der Waals surface area contributed by atoms with E-state index in [4.69, 9.17) is 9.47 Å². The number of likely N-dealkylation sites (tertiary alicyclic amines) is 1. The Bertz CT molecular complexity index is 876. The second-order valence-electron chi connectivity index (χ2n) is 6.93. The Morgan fingerprint density at radius 2 is 2.07 bits per heavy atom. The van der Waals surface area contributed by atoms with Gasteiger partial charge in [-0.05, 0) is 25.8 Å². The number of aromatic nitrogens is 1. The Balaban J connectivity index is 1.71. The van der Waals surface area contributed by atoms with Gasteiger partial charge in [-0.2, -0.15) is 0 Å². The molecule has 1 aliphatic rings. The third-order valence-corrected chi connectivity index (χ3v) is 5.01. The smallest absolute Gasteiger partial charge is 0.356 e. The van der Waals surface area contributed by atoms with Crippen molar-refractivity contribution in [1.29, 1.82) is 0 Å². The van der Waals surface area contributed by atoms with Crippen molar-refractivity contribution in [2.75, 3.05) is 38.7 Å². The maximum Gasteiger partial charge on any atom is 0.356 e. The summed E-state index contributed by atoms with van der Waals surface area (Å²) in [6.45, 7) is 3.77. The van der Waals surface area contributed by atoms with Crippen molar-refractivity contribution in [3.8, 4) is 0 Å². The Morgan fingerprint density at radius 1 is 1.29 bits per heavy atom. The third kappa shape index (κ3) is 4.33. The van der Waals surface area contributed by atoms with Gasteiger partial charge in [-0.1, -0.05) is 18.2 Å². The lowest BCUT2D eigenvalue weighted by atomic mass is 9.98. The van der Waals surface area contributed by atoms with E-state index in [1.807, 2.05) is 24.3 Å². The van der Waals surface area contributed by atoms with Crippen molar-refractivity contribution in [2.24, 2.45) is 5.92 Å². The minimum Gasteiger partial charge on any atom is -0.466 e. The van der Waals surface area contributed by atoms with Crippen LogP contribution in [0.4, 0.5) is 5.69 Å². The van der Waals surface area contributed by atoms with Crippen molar-refractivity contribution in [3.05, 3.63) is 30.0 Å². The average Bonchev–Trinajstić information content (AvgIpc) is 3.06. The molecule has 0 saturated carbocycles. The molecule has 3 rings (SSSR count). The Hall–Kier alpha value is -2.87. The van der Waals surface area contributed by atoms with Gasteiger partial charge in [0.05, 0.1) is 32.5 Å². The number of methoxy groups -OCH3 is 1. The van der Waals surface area contributed by atoms with Crippen LogP contribution in [0.25, 0.3) is 10.9 Å². The molecule has 1 aliphatic heterocycles. The number of benzene rings is 1. The number of H-pyrrole nitrogens is 1. The van der Waals surface area contributed by atoms with Gasteiger partial charge >= 0.3 is 11.9 Å². The molecule has 2 heterocycles. The highest BCUT2D eigenvalue weighted by atomic mass is 16.5. The second kappa shape index (κ2) is 8.88. The van der Waals surface area contributed by atoms with Crippen LogP contribution < -0.4 is 10.2 Å². The van der Waals surface area contributed by atoms with Crippen LogP contribution >= 0.6 is 0 Å². The van der Waals surface area contributed by atoms with Crippen molar-refractivity contribution >= 4 is 34.4 Å². The lowest BCUT2D eigenvalue weighted by Crippen LogP contribution is -3.14. The molecule has 2 atom stereocenters. The number of piperidine rings is 1. The van der Waals surface area contributed by atoms with Crippen LogP contribution in [0.5, 0.6) is 0 Å². The van der Waals surface area contributed by atoms with Crippen molar-refractivity contribution in [3.63, 3.8) is 0 Å². The van der Waals surface area contributed by atoms with Crippen LogP contribution in [0, 0.1) is 5.92 Å². The van der Waals surface area contributed by atoms with E-state index in [9.17, 15) is 14.4 Å². The zero-order valence-electron chi connectivity index (χ0n) is 16.2. The monoisotopic (exact) mass is 388 g/mol. The van der Waals surface area contributed by atoms with Gasteiger partial charge in [0.2, 0.25) is 0 Å². The van der Waals surface area contributed by atoms with Crippen molar-refractivity contribution in [1.82, 2.24) is 4.98 Å². The zero-order chi connectivity index (χ0) is 20.1. The molecule has 28 heavy (non-hydrogen) atoms. The quantitative estimate of drug-likeness (QED) is 0.634. The summed E-state index contributed by atoms with van der Waals surface area (Å²) in [7, 11) is 1.30. The molecule has 8 nitrogen and oxygen atoms in total. The van der Waals surface area contributed by atoms with E-state index in [0.717, 1.165) is 35.2 Å². The number of hydrogen-bond acceptors (Lipinski definition) is 5. The Kier molecular flexibility index (Phi) is 6.30. The average molecular weight is 388 g/mol. The maximum atomic E-state index is 12.7. The minimum atomic E-state index is -0.542. The van der Waals surface area contributed by atoms with E-state index in [-0.39, 0.29) is 30.0 Å². The number of anilines is 1. The third-order valence-electron chi connectivity index (χ3n) is 5.01. The van der Waals surface area contributed by atoms with Crippen LogP contribution in [0.15, 0.2) is 24.3 Å². The molecule has 1 fully saturated rings. The fourth-order valence-electron chi connectivity index (χ4n) is 3.71. The molecule has 3 N–H and O–H groups in total. The molecule has 150 valence electrons. The number of amides is 1. The molecular formula is C20H26N3O5+. The van der Waals surface area contributed by atoms with Gasteiger partial charge in [0.1, 0.15) is 11.6 Å². The first-order chi connectivity index (χ1) is 13.5. The molecule has 0 spiro atoms. The number of aromatic amines is 1. The van der Waals surface area contributed by atoms with Crippen LogP contribution in [-0.2, 0) is 19.1 Å². The van der Waals surface area contributed by atoms with E-state index in [1.165, 1.54) is 7.11 Å². The molecule has 1 aromatic heterocycles. The van der Waals surface area contributed by atoms with Crippen molar-refractivity contribution in [2.45, 2.75) is 19.8 Å². The SMILES string of the molecule is CCOC(=O)[C@@H]1CCC[NH+](CC(=O)Nc2c(C(=O)OC)[nH]c3ccccc23)C1. The molecule has 0 radical (unpaired) electrons. The molecule has 1 saturated heterocycles. The number of esters is 2. The second-order valence-corrected chi connectivity index (χ2v) is 6.93. The topological polar surface area (TPSA) is 102 Å². The molecule has 1 unspecified atom stereocenters. The normalized spacial score (nSPS) is 19.2. The molecule has 0 bridgehead atoms. The summed E-state index contributed by atoms with van der Waals surface area (Å²) in [4.78, 5) is 40.8. The summed E-state index contributed by atoms with van der Waals surface area (Å²) in [6, 6.07) is 7.35. The van der Waals surface area contributed by atoms with Gasteiger partial charge < -0.3 is 24.7 Å². The first-order valence-electron chi connectivity index (χ1n) is 9.52. The number of ether oxygens (including phenoxy) is 2. The first-order valence-corrected chi connectivity index (χ1v) is 9.52. The Morgan fingerprint density at radius 3 is 2.82 bits per heavy atom. The fourth-order valence-corrected chi connectivity index (χ4v) is 3.71. The lowest BCUT2D eigenvalue weighted by Gasteiger charge is -2.28. The van der Waals surface area contributed by atoms with Gasteiger partial charge in [-0.25, -0.2) is 4.79 Å². The molecule has 0 aliphatic carbocycles. The summed E-state index contributed by atoms with van der Waals surface area (Å²) in [6.07, 6.45) is 1.66. The van der Waals surface area contributed by atoms with Crippen LogP contribution in [0.3, 0.4) is 0 Å². The van der Waals surface area contributed by atoms with Crippen LogP contribution in [0.2, 0.25) is 0 Å². The van der Waals surface area contributed by atoms with E-state index < -0.39 is 5.97 Å². The predicted octanol–water partition coefficient (Wildman–Crippen LogP) is 0.751. The molecular weight excluding hydrogens is 362 g/mol. The molecule has 2 aromatic rings. The molecule has 8 heteroatoms. The number of fused-ring (bicyclic) bond motifs is 1.